The maximum atomic E-state index is 13.5. The van der Waals surface area contributed by atoms with E-state index in [2.05, 4.69) is 24.2 Å². The number of benzene rings is 2. The first-order valence-corrected chi connectivity index (χ1v) is 10.5. The fourth-order valence-electron chi connectivity index (χ4n) is 4.36. The van der Waals surface area contributed by atoms with E-state index in [1.807, 2.05) is 6.07 Å². The van der Waals surface area contributed by atoms with E-state index in [1.54, 1.807) is 12.1 Å². The van der Waals surface area contributed by atoms with Gasteiger partial charge in [-0.3, -0.25) is 0 Å². The van der Waals surface area contributed by atoms with Crippen molar-refractivity contribution in [3.8, 4) is 0 Å². The van der Waals surface area contributed by atoms with Crippen LogP contribution in [-0.2, 0) is 9.84 Å². The molecule has 2 heterocycles. The Morgan fingerprint density at radius 1 is 1.15 bits per heavy atom. The summed E-state index contributed by atoms with van der Waals surface area (Å²) in [6.07, 6.45) is 2.01. The van der Waals surface area contributed by atoms with Crippen LogP contribution in [0, 0.1) is 5.82 Å². The molecule has 2 aliphatic rings. The van der Waals surface area contributed by atoms with Gasteiger partial charge < -0.3 is 10.2 Å². The molecule has 0 spiro atoms. The number of sulfone groups is 1. The maximum absolute atomic E-state index is 13.5. The number of anilines is 1. The lowest BCUT2D eigenvalue weighted by molar-refractivity contribution is 0.496. The lowest BCUT2D eigenvalue weighted by Gasteiger charge is -2.25. The standard InChI is InChI=1S/C20H23FN2O2S/c1-13-10-17-18-12-16(26(24,25)15-5-3-4-14(21)11-15)6-7-19(18)23(2)20(17)8-9-22-13/h3-7,11-13,17,20,22H,8-10H2,1-2H3/t13?,17-,20+/m0/s1. The van der Waals surface area contributed by atoms with E-state index >= 15 is 0 Å². The number of halogens is 1. The van der Waals surface area contributed by atoms with Crippen molar-refractivity contribution in [1.82, 2.24) is 5.32 Å². The molecule has 1 N–H and O–H groups in total. The van der Waals surface area contributed by atoms with Gasteiger partial charge >= 0.3 is 0 Å². The Labute approximate surface area is 153 Å². The third-order valence-electron chi connectivity index (χ3n) is 5.70. The van der Waals surface area contributed by atoms with Crippen LogP contribution >= 0.6 is 0 Å². The molecule has 26 heavy (non-hydrogen) atoms. The molecular weight excluding hydrogens is 351 g/mol. The second-order valence-corrected chi connectivity index (χ2v) is 9.30. The van der Waals surface area contributed by atoms with Crippen LogP contribution in [-0.4, -0.2) is 34.1 Å². The zero-order chi connectivity index (χ0) is 18.5. The van der Waals surface area contributed by atoms with Gasteiger partial charge in [-0.05, 0) is 68.3 Å². The van der Waals surface area contributed by atoms with E-state index in [0.717, 1.165) is 36.7 Å². The van der Waals surface area contributed by atoms with Crippen LogP contribution in [0.5, 0.6) is 0 Å². The molecule has 0 amide bonds. The first-order valence-electron chi connectivity index (χ1n) is 8.99. The number of fused-ring (bicyclic) bond motifs is 3. The van der Waals surface area contributed by atoms with Crippen LogP contribution in [0.3, 0.4) is 0 Å². The van der Waals surface area contributed by atoms with Crippen molar-refractivity contribution in [3.63, 3.8) is 0 Å². The van der Waals surface area contributed by atoms with E-state index in [9.17, 15) is 12.8 Å². The van der Waals surface area contributed by atoms with Crippen molar-refractivity contribution in [2.45, 2.75) is 47.6 Å². The van der Waals surface area contributed by atoms with E-state index in [4.69, 9.17) is 0 Å². The minimum atomic E-state index is -3.74. The summed E-state index contributed by atoms with van der Waals surface area (Å²) in [6.45, 7) is 3.14. The Balaban J connectivity index is 1.78. The maximum Gasteiger partial charge on any atom is 0.206 e. The van der Waals surface area contributed by atoms with E-state index in [1.165, 1.54) is 18.2 Å². The molecule has 2 aromatic rings. The Kier molecular flexibility index (Phi) is 4.28. The molecule has 0 aromatic heterocycles. The minimum absolute atomic E-state index is 0.00347. The average molecular weight is 374 g/mol. The molecule has 0 bridgehead atoms. The third kappa shape index (κ3) is 2.81. The minimum Gasteiger partial charge on any atom is -0.371 e. The summed E-state index contributed by atoms with van der Waals surface area (Å²) in [6, 6.07) is 11.3. The summed E-state index contributed by atoms with van der Waals surface area (Å²) in [5.74, 6) is -0.238. The predicted molar refractivity (Wildman–Crippen MR) is 99.9 cm³/mol. The lowest BCUT2D eigenvalue weighted by Crippen LogP contribution is -2.31. The first kappa shape index (κ1) is 17.5. The molecule has 1 saturated heterocycles. The number of likely N-dealkylation sites (N-methyl/N-ethyl adjacent to an activating group) is 1. The molecule has 2 aromatic carbocycles. The highest BCUT2D eigenvalue weighted by Crippen LogP contribution is 2.45. The summed E-state index contributed by atoms with van der Waals surface area (Å²) in [4.78, 5) is 2.51. The molecule has 138 valence electrons. The summed E-state index contributed by atoms with van der Waals surface area (Å²) in [5.41, 5.74) is 2.19. The van der Waals surface area contributed by atoms with Gasteiger partial charge in [-0.2, -0.15) is 0 Å². The van der Waals surface area contributed by atoms with Crippen molar-refractivity contribution >= 4 is 15.5 Å². The van der Waals surface area contributed by atoms with E-state index in [-0.39, 0.29) is 9.79 Å². The SMILES string of the molecule is CC1C[C@H]2c3cc(S(=O)(=O)c4cccc(F)c4)ccc3N(C)[C@@H]2CCN1. The Morgan fingerprint density at radius 2 is 1.92 bits per heavy atom. The van der Waals surface area contributed by atoms with Crippen molar-refractivity contribution in [1.29, 1.82) is 0 Å². The summed E-state index contributed by atoms with van der Waals surface area (Å²) >= 11 is 0. The molecular formula is C20H23FN2O2S. The molecule has 6 heteroatoms. The Morgan fingerprint density at radius 3 is 2.69 bits per heavy atom. The topological polar surface area (TPSA) is 49.4 Å². The largest absolute Gasteiger partial charge is 0.371 e. The summed E-state index contributed by atoms with van der Waals surface area (Å²) < 4.78 is 39.4. The molecule has 4 nitrogen and oxygen atoms in total. The molecule has 3 atom stereocenters. The van der Waals surface area contributed by atoms with Crippen LogP contribution < -0.4 is 10.2 Å². The predicted octanol–water partition coefficient (Wildman–Crippen LogP) is 3.33. The first-order chi connectivity index (χ1) is 12.4. The number of hydrogen-bond acceptors (Lipinski definition) is 4. The summed E-state index contributed by atoms with van der Waals surface area (Å²) in [7, 11) is -1.65. The average Bonchev–Trinajstić information content (AvgIpc) is 2.76. The van der Waals surface area contributed by atoms with Crippen LogP contribution in [0.25, 0.3) is 0 Å². The molecule has 1 fully saturated rings. The van der Waals surface area contributed by atoms with Gasteiger partial charge in [0.25, 0.3) is 0 Å². The molecule has 1 unspecified atom stereocenters. The second-order valence-electron chi connectivity index (χ2n) is 7.35. The van der Waals surface area contributed by atoms with Crippen LogP contribution in [0.4, 0.5) is 10.1 Å². The van der Waals surface area contributed by atoms with Gasteiger partial charge in [-0.25, -0.2) is 12.8 Å². The zero-order valence-corrected chi connectivity index (χ0v) is 15.8. The van der Waals surface area contributed by atoms with Crippen LogP contribution in [0.15, 0.2) is 52.3 Å². The van der Waals surface area contributed by atoms with Gasteiger partial charge in [-0.1, -0.05) is 6.07 Å². The highest BCUT2D eigenvalue weighted by Gasteiger charge is 2.39. The van der Waals surface area contributed by atoms with Gasteiger partial charge in [0.2, 0.25) is 9.84 Å². The van der Waals surface area contributed by atoms with E-state index in [0.29, 0.717) is 18.0 Å². The van der Waals surface area contributed by atoms with Crippen molar-refractivity contribution in [2.75, 3.05) is 18.5 Å². The molecule has 0 radical (unpaired) electrons. The van der Waals surface area contributed by atoms with Crippen molar-refractivity contribution < 1.29 is 12.8 Å². The third-order valence-corrected chi connectivity index (χ3v) is 7.45. The Bertz CT molecular complexity index is 945. The number of nitrogens with one attached hydrogen (secondary N) is 1. The van der Waals surface area contributed by atoms with Gasteiger partial charge in [0.1, 0.15) is 5.82 Å². The second kappa shape index (κ2) is 6.35. The fourth-order valence-corrected chi connectivity index (χ4v) is 5.69. The highest BCUT2D eigenvalue weighted by molar-refractivity contribution is 7.91. The number of rotatable bonds is 2. The van der Waals surface area contributed by atoms with E-state index < -0.39 is 15.7 Å². The molecule has 0 saturated carbocycles. The Hall–Kier alpha value is -1.92. The van der Waals surface area contributed by atoms with Gasteiger partial charge in [0.15, 0.2) is 0 Å². The monoisotopic (exact) mass is 374 g/mol. The van der Waals surface area contributed by atoms with Gasteiger partial charge in [0, 0.05) is 30.7 Å². The molecule has 4 rings (SSSR count). The van der Waals surface area contributed by atoms with Crippen molar-refractivity contribution in [3.05, 3.63) is 53.8 Å². The molecule has 0 aliphatic carbocycles. The smallest absolute Gasteiger partial charge is 0.206 e. The van der Waals surface area contributed by atoms with Crippen molar-refractivity contribution in [2.24, 2.45) is 0 Å². The van der Waals surface area contributed by atoms with Crippen LogP contribution in [0.2, 0.25) is 0 Å². The van der Waals surface area contributed by atoms with Crippen LogP contribution in [0.1, 0.15) is 31.2 Å². The highest BCUT2D eigenvalue weighted by atomic mass is 32.2. The fraction of sp³-hybridized carbons (Fsp3) is 0.400. The quantitative estimate of drug-likeness (QED) is 0.876. The van der Waals surface area contributed by atoms with Gasteiger partial charge in [-0.15, -0.1) is 0 Å². The zero-order valence-electron chi connectivity index (χ0n) is 14.9. The summed E-state index contributed by atoms with van der Waals surface area (Å²) in [5, 5.41) is 3.51. The number of nitrogens with zero attached hydrogens (tertiary/aromatic N) is 1. The lowest BCUT2D eigenvalue weighted by atomic mass is 9.89. The molecule has 2 aliphatic heterocycles. The van der Waals surface area contributed by atoms with Gasteiger partial charge in [0.05, 0.1) is 9.79 Å². The number of hydrogen-bond donors (Lipinski definition) is 1. The normalized spacial score (nSPS) is 25.5.